The molecule has 4 aromatic carbocycles. The van der Waals surface area contributed by atoms with Crippen LogP contribution in [0.2, 0.25) is 5.02 Å². The van der Waals surface area contributed by atoms with E-state index in [-0.39, 0.29) is 18.4 Å². The molecule has 5 rings (SSSR count). The van der Waals surface area contributed by atoms with Crippen molar-refractivity contribution in [3.63, 3.8) is 0 Å². The van der Waals surface area contributed by atoms with E-state index in [0.29, 0.717) is 12.4 Å². The number of aliphatic carboxylic acids is 1. The zero-order chi connectivity index (χ0) is 25.6. The van der Waals surface area contributed by atoms with Crippen LogP contribution >= 0.6 is 11.6 Å². The lowest BCUT2D eigenvalue weighted by atomic mass is 9.80. The van der Waals surface area contributed by atoms with Crippen LogP contribution in [0, 0.1) is 0 Å². The first kappa shape index (κ1) is 25.1. The van der Waals surface area contributed by atoms with E-state index in [2.05, 4.69) is 65.6 Å². The van der Waals surface area contributed by atoms with Gasteiger partial charge in [0.25, 0.3) is 0 Å². The van der Waals surface area contributed by atoms with Gasteiger partial charge < -0.3 is 9.84 Å². The molecule has 0 saturated heterocycles. The summed E-state index contributed by atoms with van der Waals surface area (Å²) in [5.74, 6) is 0.117. The Hall–Kier alpha value is -3.60. The molecule has 0 bridgehead atoms. The number of carboxylic acids is 1. The molecule has 0 aliphatic carbocycles. The van der Waals surface area contributed by atoms with E-state index in [1.54, 1.807) is 0 Å². The summed E-state index contributed by atoms with van der Waals surface area (Å²) in [7, 11) is 0. The quantitative estimate of drug-likeness (QED) is 0.260. The second kappa shape index (κ2) is 11.6. The van der Waals surface area contributed by atoms with Crippen LogP contribution in [0.1, 0.15) is 46.2 Å². The lowest BCUT2D eigenvalue weighted by Crippen LogP contribution is -2.38. The molecule has 37 heavy (non-hydrogen) atoms. The van der Waals surface area contributed by atoms with E-state index in [0.717, 1.165) is 35.7 Å². The van der Waals surface area contributed by atoms with Gasteiger partial charge in [0.2, 0.25) is 0 Å². The number of carboxylic acid groups (broad SMARTS) is 1. The highest BCUT2D eigenvalue weighted by Crippen LogP contribution is 2.42. The molecule has 1 aliphatic heterocycles. The second-order valence-corrected chi connectivity index (χ2v) is 9.89. The van der Waals surface area contributed by atoms with Gasteiger partial charge in [0.05, 0.1) is 13.0 Å². The third kappa shape index (κ3) is 6.04. The highest BCUT2D eigenvalue weighted by molar-refractivity contribution is 6.31. The van der Waals surface area contributed by atoms with Crippen molar-refractivity contribution in [2.45, 2.75) is 31.3 Å². The molecule has 0 amide bonds. The Kier molecular flexibility index (Phi) is 7.88. The molecule has 0 aromatic heterocycles. The number of hydrogen-bond acceptors (Lipinski definition) is 3. The smallest absolute Gasteiger partial charge is 0.307 e. The van der Waals surface area contributed by atoms with Gasteiger partial charge >= 0.3 is 5.97 Å². The summed E-state index contributed by atoms with van der Waals surface area (Å²) < 4.78 is 6.13. The Morgan fingerprint density at radius 2 is 1.62 bits per heavy atom. The first-order valence-corrected chi connectivity index (χ1v) is 13.0. The number of ether oxygens (including phenoxy) is 1. The highest BCUT2D eigenvalue weighted by Gasteiger charge is 2.33. The predicted octanol–water partition coefficient (Wildman–Crippen LogP) is 7.13. The molecule has 188 valence electrons. The zero-order valence-corrected chi connectivity index (χ0v) is 21.4. The standard InChI is InChI=1S/C32H30ClNO3/c33-30-16-7-4-12-25(30)21-34-22-29(24-10-2-1-3-11-24)27-14-5-6-15-28(27)31(34)17-18-37-26-13-8-9-23(19-26)20-32(35)36/h1-16,19,29,31H,17-18,20-22H2,(H,35,36)/t29?,31-/m0/s1. The number of fused-ring (bicyclic) bond motifs is 1. The van der Waals surface area contributed by atoms with Crippen molar-refractivity contribution < 1.29 is 14.6 Å². The fraction of sp³-hybridized carbons (Fsp3) is 0.219. The Morgan fingerprint density at radius 3 is 2.41 bits per heavy atom. The lowest BCUT2D eigenvalue weighted by Gasteiger charge is -2.42. The second-order valence-electron chi connectivity index (χ2n) is 9.48. The average molecular weight is 512 g/mol. The van der Waals surface area contributed by atoms with Crippen molar-refractivity contribution in [2.24, 2.45) is 0 Å². The first-order valence-electron chi connectivity index (χ1n) is 12.6. The number of hydrogen-bond donors (Lipinski definition) is 1. The van der Waals surface area contributed by atoms with E-state index in [4.69, 9.17) is 21.4 Å². The van der Waals surface area contributed by atoms with Gasteiger partial charge in [0.1, 0.15) is 5.75 Å². The van der Waals surface area contributed by atoms with E-state index in [1.165, 1.54) is 16.7 Å². The van der Waals surface area contributed by atoms with Crippen LogP contribution in [-0.4, -0.2) is 29.1 Å². The maximum atomic E-state index is 11.1. The molecule has 1 heterocycles. The third-order valence-electron chi connectivity index (χ3n) is 7.04. The molecular formula is C32H30ClNO3. The van der Waals surface area contributed by atoms with Gasteiger partial charge in [-0.1, -0.05) is 96.5 Å². The van der Waals surface area contributed by atoms with Crippen LogP contribution in [0.15, 0.2) is 103 Å². The predicted molar refractivity (Wildman–Crippen MR) is 147 cm³/mol. The highest BCUT2D eigenvalue weighted by atomic mass is 35.5. The summed E-state index contributed by atoms with van der Waals surface area (Å²) in [6.45, 7) is 2.14. The molecule has 4 aromatic rings. The minimum Gasteiger partial charge on any atom is -0.494 e. The van der Waals surface area contributed by atoms with Crippen molar-refractivity contribution in [1.29, 1.82) is 0 Å². The van der Waals surface area contributed by atoms with Crippen molar-refractivity contribution in [3.8, 4) is 5.75 Å². The lowest BCUT2D eigenvalue weighted by molar-refractivity contribution is -0.136. The van der Waals surface area contributed by atoms with Gasteiger partial charge in [-0.05, 0) is 46.0 Å². The third-order valence-corrected chi connectivity index (χ3v) is 7.40. The SMILES string of the molecule is O=C(O)Cc1cccc(OCC[C@H]2c3ccccc3C(c3ccccc3)CN2Cc2ccccc2Cl)c1. The summed E-state index contributed by atoms with van der Waals surface area (Å²) in [5.41, 5.74) is 5.83. The van der Waals surface area contributed by atoms with E-state index < -0.39 is 5.97 Å². The summed E-state index contributed by atoms with van der Waals surface area (Å²) in [6, 6.07) is 35.0. The number of benzene rings is 4. The molecule has 1 unspecified atom stereocenters. The molecule has 2 atom stereocenters. The van der Waals surface area contributed by atoms with Gasteiger partial charge in [0, 0.05) is 36.5 Å². The molecule has 0 spiro atoms. The number of nitrogens with zero attached hydrogens (tertiary/aromatic N) is 1. The van der Waals surface area contributed by atoms with Crippen LogP contribution in [0.25, 0.3) is 0 Å². The van der Waals surface area contributed by atoms with Crippen LogP contribution in [-0.2, 0) is 17.8 Å². The van der Waals surface area contributed by atoms with Crippen molar-refractivity contribution in [2.75, 3.05) is 13.2 Å². The molecular weight excluding hydrogens is 482 g/mol. The fourth-order valence-corrected chi connectivity index (χ4v) is 5.52. The number of carbonyl (C=O) groups is 1. The summed E-state index contributed by atoms with van der Waals surface area (Å²) in [4.78, 5) is 13.6. The van der Waals surface area contributed by atoms with Gasteiger partial charge in [-0.25, -0.2) is 0 Å². The number of halogens is 1. The van der Waals surface area contributed by atoms with E-state index in [9.17, 15) is 4.79 Å². The average Bonchev–Trinajstić information content (AvgIpc) is 2.91. The monoisotopic (exact) mass is 511 g/mol. The summed E-state index contributed by atoms with van der Waals surface area (Å²) >= 11 is 6.59. The van der Waals surface area contributed by atoms with Crippen molar-refractivity contribution in [1.82, 2.24) is 4.90 Å². The molecule has 4 nitrogen and oxygen atoms in total. The van der Waals surface area contributed by atoms with Crippen molar-refractivity contribution in [3.05, 3.63) is 136 Å². The normalized spacial score (nSPS) is 17.2. The van der Waals surface area contributed by atoms with Gasteiger partial charge in [0.15, 0.2) is 0 Å². The minimum absolute atomic E-state index is 0.0142. The van der Waals surface area contributed by atoms with E-state index in [1.807, 2.05) is 42.5 Å². The molecule has 0 saturated carbocycles. The van der Waals surface area contributed by atoms with Crippen LogP contribution in [0.5, 0.6) is 5.75 Å². The summed E-state index contributed by atoms with van der Waals surface area (Å²) in [6.07, 6.45) is 0.784. The maximum Gasteiger partial charge on any atom is 0.307 e. The van der Waals surface area contributed by atoms with Gasteiger partial charge in [-0.3, -0.25) is 9.69 Å². The van der Waals surface area contributed by atoms with Gasteiger partial charge in [-0.15, -0.1) is 0 Å². The fourth-order valence-electron chi connectivity index (χ4n) is 5.33. The zero-order valence-electron chi connectivity index (χ0n) is 20.6. The Balaban J connectivity index is 1.42. The van der Waals surface area contributed by atoms with Crippen LogP contribution in [0.4, 0.5) is 0 Å². The largest absolute Gasteiger partial charge is 0.494 e. The molecule has 1 aliphatic rings. The molecule has 0 radical (unpaired) electrons. The Bertz CT molecular complexity index is 1360. The molecule has 0 fully saturated rings. The molecule has 5 heteroatoms. The van der Waals surface area contributed by atoms with Gasteiger partial charge in [-0.2, -0.15) is 0 Å². The number of rotatable bonds is 9. The van der Waals surface area contributed by atoms with Crippen LogP contribution < -0.4 is 4.74 Å². The van der Waals surface area contributed by atoms with E-state index >= 15 is 0 Å². The Labute approximate surface area is 223 Å². The Morgan fingerprint density at radius 1 is 0.892 bits per heavy atom. The van der Waals surface area contributed by atoms with Crippen LogP contribution in [0.3, 0.4) is 0 Å². The maximum absolute atomic E-state index is 11.1. The molecule has 1 N–H and O–H groups in total. The summed E-state index contributed by atoms with van der Waals surface area (Å²) in [5, 5.41) is 9.90. The topological polar surface area (TPSA) is 49.8 Å². The first-order chi connectivity index (χ1) is 18.1. The minimum atomic E-state index is -0.848. The van der Waals surface area contributed by atoms with Crippen molar-refractivity contribution >= 4 is 17.6 Å².